The number of hydrogen-bond donors (Lipinski definition) is 2. The fourth-order valence-corrected chi connectivity index (χ4v) is 3.54. The highest BCUT2D eigenvalue weighted by Gasteiger charge is 2.30. The number of anilines is 2. The summed E-state index contributed by atoms with van der Waals surface area (Å²) < 4.78 is 49.7. The molecule has 0 spiro atoms. The minimum Gasteiger partial charge on any atom is -0.497 e. The number of hydrogen-bond acceptors (Lipinski definition) is 5. The van der Waals surface area contributed by atoms with Gasteiger partial charge >= 0.3 is 6.18 Å². The summed E-state index contributed by atoms with van der Waals surface area (Å²) in [7, 11) is 1.54. The summed E-state index contributed by atoms with van der Waals surface area (Å²) in [6, 6.07) is 17.3. The topological polar surface area (TPSA) is 100 Å². The van der Waals surface area contributed by atoms with Crippen LogP contribution in [0.5, 0.6) is 11.5 Å². The molecule has 0 unspecified atom stereocenters. The third kappa shape index (κ3) is 7.85. The number of methoxy groups -OCH3 is 1. The number of amides is 2. The highest BCUT2D eigenvalue weighted by Crippen LogP contribution is 2.31. The second-order valence-corrected chi connectivity index (χ2v) is 8.31. The van der Waals surface area contributed by atoms with E-state index in [0.29, 0.717) is 27.2 Å². The van der Waals surface area contributed by atoms with Crippen molar-refractivity contribution in [3.05, 3.63) is 87.9 Å². The molecular formula is C26H19BrF3N3O4. The van der Waals surface area contributed by atoms with Crippen LogP contribution < -0.4 is 20.1 Å². The number of nitriles is 1. The lowest BCUT2D eigenvalue weighted by Gasteiger charge is -2.10. The normalized spacial score (nSPS) is 11.3. The maximum atomic E-state index is 12.9. The van der Waals surface area contributed by atoms with Gasteiger partial charge in [-0.15, -0.1) is 0 Å². The Hall–Kier alpha value is -4.30. The lowest BCUT2D eigenvalue weighted by Crippen LogP contribution is -2.20. The zero-order valence-electron chi connectivity index (χ0n) is 19.2. The van der Waals surface area contributed by atoms with Crippen LogP contribution in [0.25, 0.3) is 6.08 Å². The standard InChI is InChI=1S/C26H19BrF3N3O4/c1-36-21-8-6-19(7-9-21)32-24(34)15-37-23-10-5-16(12-22(23)27)11-17(14-31)25(35)33-20-4-2-3-18(13-20)26(28,29)30/h2-13H,15H2,1H3,(H,32,34)(H,33,35)/b17-11+. The van der Waals surface area contributed by atoms with Crippen LogP contribution in [0.1, 0.15) is 11.1 Å². The first-order valence-electron chi connectivity index (χ1n) is 10.6. The van der Waals surface area contributed by atoms with Crippen LogP contribution in [-0.2, 0) is 15.8 Å². The molecule has 2 N–H and O–H groups in total. The summed E-state index contributed by atoms with van der Waals surface area (Å²) in [6.07, 6.45) is -3.30. The maximum absolute atomic E-state index is 12.9. The third-order valence-corrected chi connectivity index (χ3v) is 5.43. The Morgan fingerprint density at radius 2 is 1.76 bits per heavy atom. The first kappa shape index (κ1) is 27.3. The second kappa shape index (κ2) is 12.1. The SMILES string of the molecule is COc1ccc(NC(=O)COc2ccc(/C=C(\C#N)C(=O)Nc3cccc(C(F)(F)F)c3)cc2Br)cc1. The molecule has 3 aromatic carbocycles. The molecule has 2 amide bonds. The van der Waals surface area contributed by atoms with E-state index >= 15 is 0 Å². The van der Waals surface area contributed by atoms with Gasteiger partial charge in [-0.1, -0.05) is 12.1 Å². The molecule has 0 saturated heterocycles. The van der Waals surface area contributed by atoms with Gasteiger partial charge in [0, 0.05) is 11.4 Å². The monoisotopic (exact) mass is 573 g/mol. The molecule has 7 nitrogen and oxygen atoms in total. The van der Waals surface area contributed by atoms with E-state index in [0.717, 1.165) is 18.2 Å². The van der Waals surface area contributed by atoms with E-state index in [1.165, 1.54) is 25.3 Å². The molecule has 0 fully saturated rings. The molecule has 0 atom stereocenters. The Morgan fingerprint density at radius 1 is 1.03 bits per heavy atom. The third-order valence-electron chi connectivity index (χ3n) is 4.81. The molecule has 190 valence electrons. The smallest absolute Gasteiger partial charge is 0.416 e. The zero-order chi connectivity index (χ0) is 27.0. The van der Waals surface area contributed by atoms with Crippen molar-refractivity contribution < 1.29 is 32.2 Å². The van der Waals surface area contributed by atoms with Gasteiger partial charge in [0.2, 0.25) is 0 Å². The molecule has 0 heterocycles. The number of carbonyl (C=O) groups is 2. The molecule has 3 rings (SSSR count). The van der Waals surface area contributed by atoms with Crippen LogP contribution in [0.2, 0.25) is 0 Å². The Balaban J connectivity index is 1.63. The van der Waals surface area contributed by atoms with E-state index in [2.05, 4.69) is 26.6 Å². The summed E-state index contributed by atoms with van der Waals surface area (Å²) in [5.74, 6) is -0.262. The maximum Gasteiger partial charge on any atom is 0.416 e. The number of rotatable bonds is 8. The van der Waals surface area contributed by atoms with E-state index in [1.807, 2.05) is 0 Å². The summed E-state index contributed by atoms with van der Waals surface area (Å²) in [5, 5.41) is 14.4. The van der Waals surface area contributed by atoms with Gasteiger partial charge in [0.1, 0.15) is 23.1 Å². The van der Waals surface area contributed by atoms with E-state index < -0.39 is 17.6 Å². The number of alkyl halides is 3. The molecule has 0 saturated carbocycles. The van der Waals surface area contributed by atoms with Gasteiger partial charge in [-0.25, -0.2) is 0 Å². The molecule has 0 aliphatic rings. The average molecular weight is 574 g/mol. The van der Waals surface area contributed by atoms with Crippen molar-refractivity contribution in [1.29, 1.82) is 5.26 Å². The first-order valence-corrected chi connectivity index (χ1v) is 11.3. The van der Waals surface area contributed by atoms with E-state index in [9.17, 15) is 28.0 Å². The highest BCUT2D eigenvalue weighted by molar-refractivity contribution is 9.10. The van der Waals surface area contributed by atoms with E-state index in [4.69, 9.17) is 9.47 Å². The summed E-state index contributed by atoms with van der Waals surface area (Å²) in [5.41, 5.74) is -0.334. The van der Waals surface area contributed by atoms with Crippen molar-refractivity contribution in [2.24, 2.45) is 0 Å². The summed E-state index contributed by atoms with van der Waals surface area (Å²) in [6.45, 7) is -0.275. The molecular weight excluding hydrogens is 555 g/mol. The quantitative estimate of drug-likeness (QED) is 0.253. The van der Waals surface area contributed by atoms with Crippen molar-refractivity contribution in [2.45, 2.75) is 6.18 Å². The van der Waals surface area contributed by atoms with Crippen LogP contribution in [0.3, 0.4) is 0 Å². The number of halogens is 4. The predicted octanol–water partition coefficient (Wildman–Crippen LogP) is 6.04. The predicted molar refractivity (Wildman–Crippen MR) is 135 cm³/mol. The summed E-state index contributed by atoms with van der Waals surface area (Å²) in [4.78, 5) is 24.6. The molecule has 11 heteroatoms. The molecule has 3 aromatic rings. The number of ether oxygens (including phenoxy) is 2. The van der Waals surface area contributed by atoms with Crippen LogP contribution in [-0.4, -0.2) is 25.5 Å². The van der Waals surface area contributed by atoms with Crippen molar-refractivity contribution in [1.82, 2.24) is 0 Å². The minimum atomic E-state index is -4.57. The lowest BCUT2D eigenvalue weighted by atomic mass is 10.1. The number of nitrogens with one attached hydrogen (secondary N) is 2. The summed E-state index contributed by atoms with van der Waals surface area (Å²) >= 11 is 3.32. The van der Waals surface area contributed by atoms with Gasteiger partial charge in [0.05, 0.1) is 17.1 Å². The zero-order valence-corrected chi connectivity index (χ0v) is 20.8. The second-order valence-electron chi connectivity index (χ2n) is 7.46. The van der Waals surface area contributed by atoms with E-state index in [1.54, 1.807) is 42.5 Å². The number of carbonyl (C=O) groups excluding carboxylic acids is 2. The van der Waals surface area contributed by atoms with E-state index in [-0.39, 0.29) is 23.8 Å². The first-order chi connectivity index (χ1) is 17.6. The Bertz CT molecular complexity index is 1370. The van der Waals surface area contributed by atoms with Crippen LogP contribution in [0.4, 0.5) is 24.5 Å². The minimum absolute atomic E-state index is 0.0983. The van der Waals surface area contributed by atoms with Gasteiger partial charge in [-0.05, 0) is 82.2 Å². The molecule has 0 aliphatic carbocycles. The Morgan fingerprint density at radius 3 is 2.38 bits per heavy atom. The fraction of sp³-hybridized carbons (Fsp3) is 0.115. The Labute approximate surface area is 218 Å². The molecule has 0 radical (unpaired) electrons. The van der Waals surface area contributed by atoms with Gasteiger partial charge in [-0.3, -0.25) is 9.59 Å². The number of benzene rings is 3. The fourth-order valence-electron chi connectivity index (χ4n) is 3.03. The van der Waals surface area contributed by atoms with Crippen LogP contribution in [0, 0.1) is 11.3 Å². The van der Waals surface area contributed by atoms with Gasteiger partial charge < -0.3 is 20.1 Å². The number of nitrogens with zero attached hydrogens (tertiary/aromatic N) is 1. The van der Waals surface area contributed by atoms with Crippen molar-refractivity contribution >= 4 is 45.2 Å². The largest absolute Gasteiger partial charge is 0.497 e. The van der Waals surface area contributed by atoms with Crippen molar-refractivity contribution in [3.8, 4) is 17.6 Å². The highest BCUT2D eigenvalue weighted by atomic mass is 79.9. The van der Waals surface area contributed by atoms with Crippen LogP contribution >= 0.6 is 15.9 Å². The molecule has 0 bridgehead atoms. The van der Waals surface area contributed by atoms with Gasteiger partial charge in [-0.2, -0.15) is 18.4 Å². The Kier molecular flexibility index (Phi) is 8.92. The average Bonchev–Trinajstić information content (AvgIpc) is 2.86. The molecule has 0 aliphatic heterocycles. The van der Waals surface area contributed by atoms with Gasteiger partial charge in [0.25, 0.3) is 11.8 Å². The lowest BCUT2D eigenvalue weighted by molar-refractivity contribution is -0.137. The van der Waals surface area contributed by atoms with Crippen molar-refractivity contribution in [3.63, 3.8) is 0 Å². The molecule has 37 heavy (non-hydrogen) atoms. The molecule has 0 aromatic heterocycles. The van der Waals surface area contributed by atoms with Crippen LogP contribution in [0.15, 0.2) is 76.8 Å². The van der Waals surface area contributed by atoms with Crippen molar-refractivity contribution in [2.75, 3.05) is 24.4 Å². The van der Waals surface area contributed by atoms with Gasteiger partial charge in [0.15, 0.2) is 6.61 Å².